The quantitative estimate of drug-likeness (QED) is 0.861. The third-order valence-corrected chi connectivity index (χ3v) is 4.79. The number of carbonyl (C=O) groups excluding carboxylic acids is 1. The third kappa shape index (κ3) is 3.74. The summed E-state index contributed by atoms with van der Waals surface area (Å²) in [5, 5.41) is 3.79. The van der Waals surface area contributed by atoms with Crippen molar-refractivity contribution in [2.24, 2.45) is 5.73 Å². The topological polar surface area (TPSA) is 64.4 Å². The van der Waals surface area contributed by atoms with Crippen LogP contribution < -0.4 is 11.1 Å². The van der Waals surface area contributed by atoms with E-state index in [1.54, 1.807) is 0 Å². The molecule has 1 aliphatic heterocycles. The Morgan fingerprint density at radius 2 is 2.18 bits per heavy atom. The van der Waals surface area contributed by atoms with E-state index in [4.69, 9.17) is 22.1 Å². The van der Waals surface area contributed by atoms with Gasteiger partial charge >= 0.3 is 0 Å². The number of halogens is 2. The van der Waals surface area contributed by atoms with Crippen molar-refractivity contribution < 1.29 is 9.53 Å². The molecule has 0 spiro atoms. The molecule has 2 atom stereocenters. The molecule has 4 nitrogen and oxygen atoms in total. The molecule has 3 rings (SSSR count). The number of benzene rings is 1. The van der Waals surface area contributed by atoms with Crippen molar-refractivity contribution in [2.75, 3.05) is 13.1 Å². The van der Waals surface area contributed by atoms with Crippen molar-refractivity contribution in [3.63, 3.8) is 0 Å². The standard InChI is InChI=1S/C16H21ClN2O2.ClH/c17-12-3-1-2-11(8-12)16(6-7-16)10-19-15(20)14-5-4-13(9-18)21-14;/h1-3,8,13-14H,4-7,9-10,18H2,(H,19,20);1H/t13-,14+;/m1./s1. The van der Waals surface area contributed by atoms with Gasteiger partial charge in [0.05, 0.1) is 6.10 Å². The summed E-state index contributed by atoms with van der Waals surface area (Å²) in [6.07, 6.45) is 3.50. The molecule has 1 saturated carbocycles. The molecule has 3 N–H and O–H groups in total. The molecule has 1 heterocycles. The number of nitrogens with two attached hydrogens (primary N) is 1. The summed E-state index contributed by atoms with van der Waals surface area (Å²) >= 11 is 6.06. The summed E-state index contributed by atoms with van der Waals surface area (Å²) in [6.45, 7) is 1.13. The summed E-state index contributed by atoms with van der Waals surface area (Å²) in [6, 6.07) is 7.92. The van der Waals surface area contributed by atoms with E-state index in [-0.39, 0.29) is 35.9 Å². The zero-order chi connectivity index (χ0) is 14.9. The predicted octanol–water partition coefficient (Wildman–Crippen LogP) is 2.42. The minimum atomic E-state index is -0.339. The number of rotatable bonds is 5. The highest BCUT2D eigenvalue weighted by molar-refractivity contribution is 6.30. The van der Waals surface area contributed by atoms with Gasteiger partial charge in [-0.05, 0) is 43.4 Å². The smallest absolute Gasteiger partial charge is 0.249 e. The number of carbonyl (C=O) groups is 1. The van der Waals surface area contributed by atoms with Gasteiger partial charge in [0.25, 0.3) is 0 Å². The number of hydrogen-bond donors (Lipinski definition) is 2. The summed E-state index contributed by atoms with van der Waals surface area (Å²) in [5.74, 6) is -0.0146. The van der Waals surface area contributed by atoms with Crippen LogP contribution >= 0.6 is 24.0 Å². The first-order valence-electron chi connectivity index (χ1n) is 7.52. The van der Waals surface area contributed by atoms with E-state index in [1.165, 1.54) is 5.56 Å². The monoisotopic (exact) mass is 344 g/mol. The van der Waals surface area contributed by atoms with E-state index < -0.39 is 0 Å². The number of nitrogens with one attached hydrogen (secondary N) is 1. The normalized spacial score (nSPS) is 25.4. The second-order valence-corrected chi connectivity index (χ2v) is 6.50. The van der Waals surface area contributed by atoms with Crippen LogP contribution in [-0.2, 0) is 14.9 Å². The Balaban J connectivity index is 0.00000176. The van der Waals surface area contributed by atoms with Gasteiger partial charge in [0.15, 0.2) is 0 Å². The lowest BCUT2D eigenvalue weighted by atomic mass is 9.96. The maximum atomic E-state index is 12.2. The van der Waals surface area contributed by atoms with E-state index in [1.807, 2.05) is 18.2 Å². The van der Waals surface area contributed by atoms with Crippen molar-refractivity contribution in [1.29, 1.82) is 0 Å². The van der Waals surface area contributed by atoms with Gasteiger partial charge in [0.2, 0.25) is 5.91 Å². The predicted molar refractivity (Wildman–Crippen MR) is 89.6 cm³/mol. The Hall–Kier alpha value is -0.810. The molecule has 0 aromatic heterocycles. The van der Waals surface area contributed by atoms with Crippen LogP contribution in [0.3, 0.4) is 0 Å². The fourth-order valence-electron chi connectivity index (χ4n) is 2.98. The second-order valence-electron chi connectivity index (χ2n) is 6.07. The van der Waals surface area contributed by atoms with Gasteiger partial charge in [-0.3, -0.25) is 4.79 Å². The maximum Gasteiger partial charge on any atom is 0.249 e. The summed E-state index contributed by atoms with van der Waals surface area (Å²) in [4.78, 5) is 12.2. The van der Waals surface area contributed by atoms with Crippen LogP contribution in [0.25, 0.3) is 0 Å². The molecule has 0 bridgehead atoms. The molecule has 0 unspecified atom stereocenters. The number of hydrogen-bond acceptors (Lipinski definition) is 3. The molecule has 1 saturated heterocycles. The molecule has 1 aromatic rings. The van der Waals surface area contributed by atoms with Crippen molar-refractivity contribution in [3.05, 3.63) is 34.9 Å². The highest BCUT2D eigenvalue weighted by atomic mass is 35.5. The van der Waals surface area contributed by atoms with Crippen LogP contribution in [0, 0.1) is 0 Å². The first-order chi connectivity index (χ1) is 10.1. The zero-order valence-electron chi connectivity index (χ0n) is 12.4. The van der Waals surface area contributed by atoms with Crippen molar-refractivity contribution in [2.45, 2.75) is 43.3 Å². The molecule has 1 amide bonds. The lowest BCUT2D eigenvalue weighted by molar-refractivity contribution is -0.131. The van der Waals surface area contributed by atoms with E-state index in [0.29, 0.717) is 13.1 Å². The van der Waals surface area contributed by atoms with Gasteiger partial charge in [-0.1, -0.05) is 23.7 Å². The number of amides is 1. The second kappa shape index (κ2) is 7.18. The maximum absolute atomic E-state index is 12.2. The molecule has 6 heteroatoms. The van der Waals surface area contributed by atoms with Gasteiger partial charge in [-0.15, -0.1) is 12.4 Å². The Labute approximate surface area is 142 Å². The number of ether oxygens (including phenoxy) is 1. The van der Waals surface area contributed by atoms with Gasteiger partial charge in [0.1, 0.15) is 6.10 Å². The van der Waals surface area contributed by atoms with E-state index in [2.05, 4.69) is 11.4 Å². The van der Waals surface area contributed by atoms with Crippen molar-refractivity contribution >= 4 is 29.9 Å². The van der Waals surface area contributed by atoms with Gasteiger partial charge in [-0.25, -0.2) is 0 Å². The first-order valence-corrected chi connectivity index (χ1v) is 7.90. The Bertz CT molecular complexity index is 535. The average molecular weight is 345 g/mol. The van der Waals surface area contributed by atoms with Gasteiger partial charge < -0.3 is 15.8 Å². The van der Waals surface area contributed by atoms with Crippen LogP contribution in [0.5, 0.6) is 0 Å². The average Bonchev–Trinajstić information content (AvgIpc) is 3.13. The van der Waals surface area contributed by atoms with Crippen LogP contribution in [0.1, 0.15) is 31.2 Å². The molecule has 0 radical (unpaired) electrons. The third-order valence-electron chi connectivity index (χ3n) is 4.55. The van der Waals surface area contributed by atoms with E-state index in [9.17, 15) is 4.79 Å². The molecule has 122 valence electrons. The van der Waals surface area contributed by atoms with E-state index >= 15 is 0 Å². The van der Waals surface area contributed by atoms with Gasteiger partial charge in [-0.2, -0.15) is 0 Å². The fourth-order valence-corrected chi connectivity index (χ4v) is 3.17. The van der Waals surface area contributed by atoms with Gasteiger partial charge in [0, 0.05) is 23.5 Å². The molecule has 2 aliphatic rings. The Kier molecular flexibility index (Phi) is 5.72. The zero-order valence-corrected chi connectivity index (χ0v) is 14.0. The molecule has 2 fully saturated rings. The highest BCUT2D eigenvalue weighted by Gasteiger charge is 2.45. The molecular formula is C16H22Cl2N2O2. The summed E-state index contributed by atoms with van der Waals surface area (Å²) < 4.78 is 5.62. The van der Waals surface area contributed by atoms with Crippen LogP contribution in [0.4, 0.5) is 0 Å². The van der Waals surface area contributed by atoms with Crippen LogP contribution in [0.15, 0.2) is 24.3 Å². The largest absolute Gasteiger partial charge is 0.364 e. The Morgan fingerprint density at radius 3 is 2.77 bits per heavy atom. The molecule has 22 heavy (non-hydrogen) atoms. The first kappa shape index (κ1) is 17.5. The fraction of sp³-hybridized carbons (Fsp3) is 0.562. The van der Waals surface area contributed by atoms with Crippen molar-refractivity contribution in [1.82, 2.24) is 5.32 Å². The highest BCUT2D eigenvalue weighted by Crippen LogP contribution is 2.48. The molecule has 1 aromatic carbocycles. The molecule has 1 aliphatic carbocycles. The minimum absolute atomic E-state index is 0. The summed E-state index contributed by atoms with van der Waals surface area (Å²) in [5.41, 5.74) is 6.84. The lowest BCUT2D eigenvalue weighted by Gasteiger charge is -2.19. The summed E-state index contributed by atoms with van der Waals surface area (Å²) in [7, 11) is 0. The lowest BCUT2D eigenvalue weighted by Crippen LogP contribution is -2.39. The minimum Gasteiger partial charge on any atom is -0.364 e. The van der Waals surface area contributed by atoms with Crippen LogP contribution in [-0.4, -0.2) is 31.2 Å². The van der Waals surface area contributed by atoms with Crippen LogP contribution in [0.2, 0.25) is 5.02 Å². The van der Waals surface area contributed by atoms with Crippen molar-refractivity contribution in [3.8, 4) is 0 Å². The van der Waals surface area contributed by atoms with E-state index in [0.717, 1.165) is 30.7 Å². The Morgan fingerprint density at radius 1 is 1.41 bits per heavy atom. The SMILES string of the molecule is Cl.NC[C@H]1CC[C@@H](C(=O)NCC2(c3cccc(Cl)c3)CC2)O1. The molecular weight excluding hydrogens is 323 g/mol.